The first-order chi connectivity index (χ1) is 16.3. The zero-order chi connectivity index (χ0) is 24.7. The van der Waals surface area contributed by atoms with Gasteiger partial charge in [0.2, 0.25) is 5.91 Å². The van der Waals surface area contributed by atoms with E-state index < -0.39 is 12.0 Å². The van der Waals surface area contributed by atoms with E-state index in [1.165, 1.54) is 7.11 Å². The number of hydrogen-bond acceptors (Lipinski definition) is 6. The van der Waals surface area contributed by atoms with Gasteiger partial charge in [0.1, 0.15) is 25.0 Å². The van der Waals surface area contributed by atoms with Crippen molar-refractivity contribution >= 4 is 47.5 Å². The molecule has 7 nitrogen and oxygen atoms in total. The molecular weight excluding hydrogens is 515 g/mol. The Balaban J connectivity index is 0.00000432. The standard InChI is InChI=1S/C25H30Cl2N2O5.ClH/c1-16-12-20(26)23(21(27)13-16)34-11-10-33-19-7-5-17(6-8-19)14-18(15-28)24(30)29-9-3-4-22(29)25(31)32-2;/h5-8,12-13,18,22H,3-4,9-11,14-15,28H2,1-2H3;1H. The molecule has 0 radical (unpaired) electrons. The first kappa shape index (κ1) is 29.0. The topological polar surface area (TPSA) is 91.1 Å². The van der Waals surface area contributed by atoms with Crippen LogP contribution in [0.4, 0.5) is 0 Å². The number of rotatable bonds is 10. The molecule has 1 aliphatic heterocycles. The SMILES string of the molecule is COC(=O)C1CCCN1C(=O)C(CN)Cc1ccc(OCCOc2c(Cl)cc(C)cc2Cl)cc1.Cl. The molecule has 3 rings (SSSR count). The van der Waals surface area contributed by atoms with Gasteiger partial charge in [-0.25, -0.2) is 4.79 Å². The minimum atomic E-state index is -0.519. The maximum absolute atomic E-state index is 13.0. The van der Waals surface area contributed by atoms with Crippen molar-refractivity contribution in [3.63, 3.8) is 0 Å². The summed E-state index contributed by atoms with van der Waals surface area (Å²) in [4.78, 5) is 26.6. The normalized spacial score (nSPS) is 15.8. The van der Waals surface area contributed by atoms with E-state index in [0.717, 1.165) is 17.5 Å². The Morgan fingerprint density at radius 3 is 2.34 bits per heavy atom. The molecule has 0 spiro atoms. The average molecular weight is 546 g/mol. The van der Waals surface area contributed by atoms with Gasteiger partial charge in [-0.1, -0.05) is 35.3 Å². The van der Waals surface area contributed by atoms with Gasteiger partial charge in [0.25, 0.3) is 0 Å². The molecule has 1 fully saturated rings. The van der Waals surface area contributed by atoms with Crippen molar-refractivity contribution < 1.29 is 23.8 Å². The summed E-state index contributed by atoms with van der Waals surface area (Å²) in [5.74, 6) is 0.224. The number of aryl methyl sites for hydroxylation is 1. The van der Waals surface area contributed by atoms with Crippen LogP contribution in [0.2, 0.25) is 10.0 Å². The monoisotopic (exact) mass is 544 g/mol. The van der Waals surface area contributed by atoms with E-state index in [1.807, 2.05) is 31.2 Å². The molecule has 1 amide bonds. The van der Waals surface area contributed by atoms with Crippen molar-refractivity contribution in [3.05, 3.63) is 57.6 Å². The van der Waals surface area contributed by atoms with Gasteiger partial charge in [-0.05, 0) is 61.6 Å². The van der Waals surface area contributed by atoms with E-state index in [-0.39, 0.29) is 37.4 Å². The van der Waals surface area contributed by atoms with Crippen molar-refractivity contribution in [2.45, 2.75) is 32.2 Å². The van der Waals surface area contributed by atoms with Gasteiger partial charge >= 0.3 is 5.97 Å². The van der Waals surface area contributed by atoms with Gasteiger partial charge in [0.05, 0.1) is 23.1 Å². The van der Waals surface area contributed by atoms with Crippen LogP contribution in [0.3, 0.4) is 0 Å². The zero-order valence-electron chi connectivity index (χ0n) is 19.8. The van der Waals surface area contributed by atoms with Crippen LogP contribution in [0, 0.1) is 12.8 Å². The lowest BCUT2D eigenvalue weighted by molar-refractivity contribution is -0.152. The quantitative estimate of drug-likeness (QED) is 0.350. The Labute approximate surface area is 222 Å². The summed E-state index contributed by atoms with van der Waals surface area (Å²) < 4.78 is 16.2. The van der Waals surface area contributed by atoms with Crippen molar-refractivity contribution in [2.24, 2.45) is 11.7 Å². The van der Waals surface area contributed by atoms with Gasteiger partial charge < -0.3 is 24.8 Å². The number of hydrogen-bond donors (Lipinski definition) is 1. The summed E-state index contributed by atoms with van der Waals surface area (Å²) in [7, 11) is 1.34. The lowest BCUT2D eigenvalue weighted by atomic mass is 9.97. The number of nitrogens with zero attached hydrogens (tertiary/aromatic N) is 1. The van der Waals surface area contributed by atoms with Crippen LogP contribution in [0.1, 0.15) is 24.0 Å². The number of nitrogens with two attached hydrogens (primary N) is 1. The van der Waals surface area contributed by atoms with Crippen LogP contribution in [-0.2, 0) is 20.7 Å². The smallest absolute Gasteiger partial charge is 0.328 e. The maximum Gasteiger partial charge on any atom is 0.328 e. The van der Waals surface area contributed by atoms with Crippen LogP contribution in [0.15, 0.2) is 36.4 Å². The molecule has 1 saturated heterocycles. The Morgan fingerprint density at radius 2 is 1.74 bits per heavy atom. The van der Waals surface area contributed by atoms with Gasteiger partial charge in [0.15, 0.2) is 5.75 Å². The predicted molar refractivity (Wildman–Crippen MR) is 139 cm³/mol. The number of carbonyl (C=O) groups excluding carboxylic acids is 2. The molecular formula is C25H31Cl3N2O5. The molecule has 2 N–H and O–H groups in total. The number of amides is 1. The second-order valence-electron chi connectivity index (χ2n) is 8.25. The highest BCUT2D eigenvalue weighted by Crippen LogP contribution is 2.34. The van der Waals surface area contributed by atoms with Gasteiger partial charge in [0, 0.05) is 13.1 Å². The van der Waals surface area contributed by atoms with E-state index in [0.29, 0.717) is 47.5 Å². The number of methoxy groups -OCH3 is 1. The molecule has 2 unspecified atom stereocenters. The first-order valence-corrected chi connectivity index (χ1v) is 12.0. The molecule has 1 aliphatic rings. The average Bonchev–Trinajstić information content (AvgIpc) is 3.31. The Bertz CT molecular complexity index is 980. The third kappa shape index (κ3) is 7.64. The third-order valence-corrected chi connectivity index (χ3v) is 6.35. The van der Waals surface area contributed by atoms with Crippen molar-refractivity contribution in [1.29, 1.82) is 0 Å². The number of halogens is 3. The van der Waals surface area contributed by atoms with Crippen LogP contribution in [0.25, 0.3) is 0 Å². The third-order valence-electron chi connectivity index (χ3n) is 5.79. The van der Waals surface area contributed by atoms with Crippen LogP contribution >= 0.6 is 35.6 Å². The molecule has 192 valence electrons. The second-order valence-corrected chi connectivity index (χ2v) is 9.06. The van der Waals surface area contributed by atoms with Crippen LogP contribution in [-0.4, -0.2) is 56.2 Å². The van der Waals surface area contributed by atoms with Gasteiger partial charge in [-0.2, -0.15) is 0 Å². The highest BCUT2D eigenvalue weighted by atomic mass is 35.5. The lowest BCUT2D eigenvalue weighted by Crippen LogP contribution is -2.46. The number of ether oxygens (including phenoxy) is 3. The molecule has 0 aliphatic carbocycles. The number of benzene rings is 2. The van der Waals surface area contributed by atoms with Gasteiger partial charge in [-0.15, -0.1) is 12.4 Å². The summed E-state index contributed by atoms with van der Waals surface area (Å²) in [5, 5.41) is 0.926. The summed E-state index contributed by atoms with van der Waals surface area (Å²) in [6.45, 7) is 3.25. The highest BCUT2D eigenvalue weighted by Gasteiger charge is 2.37. The second kappa shape index (κ2) is 13.8. The Kier molecular flexibility index (Phi) is 11.4. The van der Waals surface area contributed by atoms with E-state index in [2.05, 4.69) is 0 Å². The molecule has 35 heavy (non-hydrogen) atoms. The minimum absolute atomic E-state index is 0. The van der Waals surface area contributed by atoms with Crippen LogP contribution in [0.5, 0.6) is 11.5 Å². The molecule has 1 heterocycles. The highest BCUT2D eigenvalue weighted by molar-refractivity contribution is 6.37. The van der Waals surface area contributed by atoms with E-state index in [4.69, 9.17) is 43.1 Å². The molecule has 2 atom stereocenters. The number of esters is 1. The Hall–Kier alpha value is -2.19. The minimum Gasteiger partial charge on any atom is -0.490 e. The van der Waals surface area contributed by atoms with E-state index >= 15 is 0 Å². The fraction of sp³-hybridized carbons (Fsp3) is 0.440. The molecule has 0 bridgehead atoms. The van der Waals surface area contributed by atoms with E-state index in [1.54, 1.807) is 17.0 Å². The molecule has 2 aromatic carbocycles. The molecule has 10 heteroatoms. The number of carbonyl (C=O) groups is 2. The summed E-state index contributed by atoms with van der Waals surface area (Å²) >= 11 is 12.4. The fourth-order valence-corrected chi connectivity index (χ4v) is 4.76. The van der Waals surface area contributed by atoms with Gasteiger partial charge in [-0.3, -0.25) is 4.79 Å². The van der Waals surface area contributed by atoms with Crippen molar-refractivity contribution in [3.8, 4) is 11.5 Å². The predicted octanol–water partition coefficient (Wildman–Crippen LogP) is 4.46. The molecule has 0 saturated carbocycles. The fourth-order valence-electron chi connectivity index (χ4n) is 4.05. The van der Waals surface area contributed by atoms with Crippen molar-refractivity contribution in [1.82, 2.24) is 4.90 Å². The molecule has 2 aromatic rings. The lowest BCUT2D eigenvalue weighted by Gasteiger charge is -2.27. The van der Waals surface area contributed by atoms with Crippen molar-refractivity contribution in [2.75, 3.05) is 33.4 Å². The first-order valence-electron chi connectivity index (χ1n) is 11.2. The molecule has 0 aromatic heterocycles. The summed E-state index contributed by atoms with van der Waals surface area (Å²) in [5.41, 5.74) is 7.83. The van der Waals surface area contributed by atoms with Crippen LogP contribution < -0.4 is 15.2 Å². The Morgan fingerprint density at radius 1 is 1.11 bits per heavy atom. The maximum atomic E-state index is 13.0. The van der Waals surface area contributed by atoms with E-state index in [9.17, 15) is 9.59 Å². The summed E-state index contributed by atoms with van der Waals surface area (Å²) in [6.07, 6.45) is 1.88. The zero-order valence-corrected chi connectivity index (χ0v) is 22.1. The number of likely N-dealkylation sites (tertiary alicyclic amines) is 1. The largest absolute Gasteiger partial charge is 0.490 e. The summed E-state index contributed by atoms with van der Waals surface area (Å²) in [6, 6.07) is 10.6.